The minimum absolute atomic E-state index is 0.513. The zero-order valence-electron chi connectivity index (χ0n) is 16.2. The normalized spacial score (nSPS) is 11.8. The van der Waals surface area contributed by atoms with Crippen LogP contribution >= 0.6 is 12.2 Å². The van der Waals surface area contributed by atoms with E-state index in [0.717, 1.165) is 23.7 Å². The molecule has 1 N–H and O–H groups in total. The first-order valence-electron chi connectivity index (χ1n) is 9.03. The number of benzene rings is 2. The van der Waals surface area contributed by atoms with Gasteiger partial charge >= 0.3 is 0 Å². The molecule has 146 valence electrons. The van der Waals surface area contributed by atoms with Crippen molar-refractivity contribution in [1.29, 1.82) is 0 Å². The molecule has 3 rings (SSSR count). The van der Waals surface area contributed by atoms with Crippen LogP contribution in [0.3, 0.4) is 0 Å². The van der Waals surface area contributed by atoms with E-state index in [4.69, 9.17) is 21.7 Å². The number of hydrogen-bond acceptors (Lipinski definition) is 4. The molecule has 0 aliphatic rings. The Kier molecular flexibility index (Phi) is 6.62. The summed E-state index contributed by atoms with van der Waals surface area (Å²) >= 11 is 5.61. The van der Waals surface area contributed by atoms with Gasteiger partial charge in [-0.1, -0.05) is 18.7 Å². The lowest BCUT2D eigenvalue weighted by Crippen LogP contribution is -3.07. The van der Waals surface area contributed by atoms with E-state index in [2.05, 4.69) is 30.9 Å². The van der Waals surface area contributed by atoms with Gasteiger partial charge in [-0.3, -0.25) is 4.57 Å². The molecule has 0 aliphatic carbocycles. The Morgan fingerprint density at radius 1 is 1.18 bits per heavy atom. The predicted molar refractivity (Wildman–Crippen MR) is 112 cm³/mol. The quantitative estimate of drug-likeness (QED) is 0.445. The maximum atomic E-state index is 5.61. The molecule has 6 nitrogen and oxygen atoms in total. The smallest absolute Gasteiger partial charge is 0.207 e. The number of aromatic nitrogens is 3. The van der Waals surface area contributed by atoms with Crippen LogP contribution in [-0.2, 0) is 13.2 Å². The highest BCUT2D eigenvalue weighted by atomic mass is 32.1. The second kappa shape index (κ2) is 9.34. The lowest BCUT2D eigenvalue weighted by atomic mass is 10.2. The molecule has 1 atom stereocenters. The molecule has 1 unspecified atom stereocenters. The molecule has 3 aromatic rings. The van der Waals surface area contributed by atoms with Gasteiger partial charge in [-0.05, 0) is 48.6 Å². The van der Waals surface area contributed by atoms with E-state index in [1.54, 1.807) is 19.5 Å². The zero-order chi connectivity index (χ0) is 19.9. The number of hydrogen-bond donors (Lipinski definition) is 1. The maximum absolute atomic E-state index is 5.61. The summed E-state index contributed by atoms with van der Waals surface area (Å²) in [6, 6.07) is 15.9. The van der Waals surface area contributed by atoms with Gasteiger partial charge in [0.2, 0.25) is 4.77 Å². The van der Waals surface area contributed by atoms with Crippen molar-refractivity contribution in [1.82, 2.24) is 14.3 Å². The van der Waals surface area contributed by atoms with Gasteiger partial charge in [-0.2, -0.15) is 9.78 Å². The average Bonchev–Trinajstić information content (AvgIpc) is 3.07. The van der Waals surface area contributed by atoms with E-state index in [1.165, 1.54) is 10.5 Å². The molecule has 0 fully saturated rings. The highest BCUT2D eigenvalue weighted by Crippen LogP contribution is 2.16. The van der Waals surface area contributed by atoms with E-state index in [1.807, 2.05) is 45.6 Å². The largest absolute Gasteiger partial charge is 0.497 e. The average molecular weight is 398 g/mol. The summed E-state index contributed by atoms with van der Waals surface area (Å²) in [7, 11) is 3.77. The standard InChI is InChI=1S/C21H24N4O2S/c1-4-12-27-19-10-8-17(9-11-19)14-23(2)16-25-21(28)24(15-22-25)18-6-5-7-20(13-18)26-3/h4-11,13,15H,1,12,14,16H2,2-3H3/p+1. The Hall–Kier alpha value is -2.90. The van der Waals surface area contributed by atoms with Gasteiger partial charge in [-0.25, -0.2) is 0 Å². The number of nitrogens with one attached hydrogen (secondary N) is 1. The molecule has 0 saturated carbocycles. The number of nitrogens with zero attached hydrogens (tertiary/aromatic N) is 3. The summed E-state index contributed by atoms with van der Waals surface area (Å²) in [5.74, 6) is 1.64. The van der Waals surface area contributed by atoms with E-state index >= 15 is 0 Å². The minimum Gasteiger partial charge on any atom is -0.497 e. The molecule has 0 amide bonds. The van der Waals surface area contributed by atoms with Crippen LogP contribution in [0, 0.1) is 4.77 Å². The molecule has 0 bridgehead atoms. The lowest BCUT2D eigenvalue weighted by Gasteiger charge is -2.14. The Morgan fingerprint density at radius 3 is 2.68 bits per heavy atom. The van der Waals surface area contributed by atoms with Crippen LogP contribution in [0.4, 0.5) is 0 Å². The molecule has 1 heterocycles. The molecule has 0 saturated heterocycles. The van der Waals surface area contributed by atoms with Crippen molar-refractivity contribution >= 4 is 12.2 Å². The molecule has 7 heteroatoms. The van der Waals surface area contributed by atoms with E-state index in [-0.39, 0.29) is 0 Å². The minimum atomic E-state index is 0.513. The topological polar surface area (TPSA) is 45.7 Å². The third kappa shape index (κ3) is 4.88. The Morgan fingerprint density at radius 2 is 1.96 bits per heavy atom. The lowest BCUT2D eigenvalue weighted by molar-refractivity contribution is -0.917. The van der Waals surface area contributed by atoms with Gasteiger partial charge in [0.1, 0.15) is 31.0 Å². The molecule has 0 aliphatic heterocycles. The number of rotatable bonds is 9. The van der Waals surface area contributed by atoms with Gasteiger partial charge in [0.25, 0.3) is 0 Å². The van der Waals surface area contributed by atoms with Crippen LogP contribution in [0.1, 0.15) is 5.56 Å². The fraction of sp³-hybridized carbons (Fsp3) is 0.238. The van der Waals surface area contributed by atoms with Crippen LogP contribution in [0.5, 0.6) is 11.5 Å². The summed E-state index contributed by atoms with van der Waals surface area (Å²) in [5, 5.41) is 4.46. The second-order valence-electron chi connectivity index (χ2n) is 6.52. The van der Waals surface area contributed by atoms with E-state index < -0.39 is 0 Å². The first-order chi connectivity index (χ1) is 13.6. The van der Waals surface area contributed by atoms with Crippen LogP contribution in [0.2, 0.25) is 0 Å². The van der Waals surface area contributed by atoms with Gasteiger partial charge in [0.15, 0.2) is 6.67 Å². The molecule has 0 spiro atoms. The van der Waals surface area contributed by atoms with E-state index in [0.29, 0.717) is 18.0 Å². The fourth-order valence-electron chi connectivity index (χ4n) is 2.90. The predicted octanol–water partition coefficient (Wildman–Crippen LogP) is 2.65. The summed E-state index contributed by atoms with van der Waals surface area (Å²) in [6.07, 6.45) is 3.48. The molecular formula is C21H25N4O2S+. The SMILES string of the molecule is C=CCOc1ccc(C[NH+](C)Cn2ncn(-c3cccc(OC)c3)c2=S)cc1. The zero-order valence-corrected chi connectivity index (χ0v) is 17.0. The summed E-state index contributed by atoms with van der Waals surface area (Å²) in [5.41, 5.74) is 2.16. The van der Waals surface area contributed by atoms with E-state index in [9.17, 15) is 0 Å². The fourth-order valence-corrected chi connectivity index (χ4v) is 3.17. The van der Waals surface area contributed by atoms with Crippen LogP contribution in [-0.4, -0.2) is 35.1 Å². The van der Waals surface area contributed by atoms with Gasteiger partial charge in [0.05, 0.1) is 19.8 Å². The van der Waals surface area contributed by atoms with Gasteiger partial charge in [-0.15, -0.1) is 0 Å². The van der Waals surface area contributed by atoms with Crippen molar-refractivity contribution in [2.45, 2.75) is 13.2 Å². The molecular weight excluding hydrogens is 372 g/mol. The van der Waals surface area contributed by atoms with Crippen LogP contribution in [0.25, 0.3) is 5.69 Å². The molecule has 1 aromatic heterocycles. The number of quaternary nitrogens is 1. The van der Waals surface area contributed by atoms with Gasteiger partial charge < -0.3 is 14.4 Å². The Balaban J connectivity index is 1.66. The summed E-state index contributed by atoms with van der Waals surface area (Å²) < 4.78 is 15.2. The first-order valence-corrected chi connectivity index (χ1v) is 9.44. The maximum Gasteiger partial charge on any atom is 0.207 e. The van der Waals surface area contributed by atoms with Crippen molar-refractivity contribution in [3.63, 3.8) is 0 Å². The number of methoxy groups -OCH3 is 1. The van der Waals surface area contributed by atoms with Crippen LogP contribution in [0.15, 0.2) is 67.5 Å². The third-order valence-electron chi connectivity index (χ3n) is 4.28. The molecule has 2 aromatic carbocycles. The van der Waals surface area contributed by atoms with Gasteiger partial charge in [0, 0.05) is 11.6 Å². The van der Waals surface area contributed by atoms with Crippen molar-refractivity contribution in [2.75, 3.05) is 20.8 Å². The third-order valence-corrected chi connectivity index (χ3v) is 4.69. The van der Waals surface area contributed by atoms with Crippen molar-refractivity contribution < 1.29 is 14.4 Å². The highest BCUT2D eigenvalue weighted by Gasteiger charge is 2.10. The summed E-state index contributed by atoms with van der Waals surface area (Å²) in [4.78, 5) is 1.27. The molecule has 0 radical (unpaired) electrons. The first kappa shape index (κ1) is 19.9. The Labute approximate surface area is 170 Å². The number of ether oxygens (including phenoxy) is 2. The monoisotopic (exact) mass is 397 g/mol. The second-order valence-corrected chi connectivity index (χ2v) is 6.89. The van der Waals surface area contributed by atoms with Crippen molar-refractivity contribution in [3.8, 4) is 17.2 Å². The molecule has 28 heavy (non-hydrogen) atoms. The highest BCUT2D eigenvalue weighted by molar-refractivity contribution is 7.71. The van der Waals surface area contributed by atoms with Crippen molar-refractivity contribution in [2.24, 2.45) is 0 Å². The van der Waals surface area contributed by atoms with Crippen LogP contribution < -0.4 is 14.4 Å². The Bertz CT molecular complexity index is 979. The summed E-state index contributed by atoms with van der Waals surface area (Å²) in [6.45, 7) is 5.70. The van der Waals surface area contributed by atoms with Crippen molar-refractivity contribution in [3.05, 3.63) is 77.8 Å².